The summed E-state index contributed by atoms with van der Waals surface area (Å²) in [5, 5.41) is 0. The Kier molecular flexibility index (Phi) is 8.44. The van der Waals surface area contributed by atoms with Gasteiger partial charge in [0.05, 0.1) is 5.60 Å². The lowest BCUT2D eigenvalue weighted by molar-refractivity contribution is -0.0639. The lowest BCUT2D eigenvalue weighted by atomic mass is 9.67. The molecule has 0 bridgehead atoms. The third kappa shape index (κ3) is 5.76. The van der Waals surface area contributed by atoms with Crippen molar-refractivity contribution in [2.75, 3.05) is 7.11 Å². The van der Waals surface area contributed by atoms with E-state index in [2.05, 4.69) is 13.8 Å². The van der Waals surface area contributed by atoms with Gasteiger partial charge in [0.15, 0.2) is 0 Å². The fourth-order valence-electron chi connectivity index (χ4n) is 5.42. The maximum absolute atomic E-state index is 6.04. The van der Waals surface area contributed by atoms with Gasteiger partial charge in [0, 0.05) is 7.11 Å². The van der Waals surface area contributed by atoms with E-state index in [0.717, 1.165) is 17.8 Å². The van der Waals surface area contributed by atoms with E-state index in [1.807, 2.05) is 7.11 Å². The van der Waals surface area contributed by atoms with Crippen LogP contribution in [0.4, 0.5) is 0 Å². The Balaban J connectivity index is 1.72. The van der Waals surface area contributed by atoms with Crippen LogP contribution in [0.5, 0.6) is 0 Å². The average molecular weight is 323 g/mol. The van der Waals surface area contributed by atoms with E-state index >= 15 is 0 Å². The van der Waals surface area contributed by atoms with Gasteiger partial charge in [-0.3, -0.25) is 0 Å². The summed E-state index contributed by atoms with van der Waals surface area (Å²) < 4.78 is 6.04. The van der Waals surface area contributed by atoms with Crippen molar-refractivity contribution < 1.29 is 4.74 Å². The van der Waals surface area contributed by atoms with E-state index < -0.39 is 0 Å². The van der Waals surface area contributed by atoms with Crippen molar-refractivity contribution in [3.8, 4) is 0 Å². The zero-order valence-corrected chi connectivity index (χ0v) is 16.2. The predicted molar refractivity (Wildman–Crippen MR) is 101 cm³/mol. The molecule has 2 saturated carbocycles. The molecule has 23 heavy (non-hydrogen) atoms. The summed E-state index contributed by atoms with van der Waals surface area (Å²) in [7, 11) is 1.97. The number of unbranched alkanes of at least 4 members (excludes halogenated alkanes) is 3. The third-order valence-corrected chi connectivity index (χ3v) is 7.12. The normalized spacial score (nSPS) is 35.3. The molecule has 0 unspecified atom stereocenters. The number of rotatable bonds is 9. The molecular weight excluding hydrogens is 280 g/mol. The molecule has 0 saturated heterocycles. The largest absolute Gasteiger partial charge is 0.378 e. The van der Waals surface area contributed by atoms with Crippen LogP contribution in [0.2, 0.25) is 0 Å². The zero-order valence-electron chi connectivity index (χ0n) is 16.2. The molecule has 0 radical (unpaired) electrons. The summed E-state index contributed by atoms with van der Waals surface area (Å²) in [6, 6.07) is 0. The van der Waals surface area contributed by atoms with Crippen molar-refractivity contribution in [2.24, 2.45) is 17.8 Å². The highest BCUT2D eigenvalue weighted by Crippen LogP contribution is 2.45. The minimum absolute atomic E-state index is 0.240. The molecule has 0 N–H and O–H groups in total. The molecule has 0 aliphatic heterocycles. The molecule has 0 aromatic heterocycles. The second kappa shape index (κ2) is 10.1. The van der Waals surface area contributed by atoms with Crippen molar-refractivity contribution in [3.63, 3.8) is 0 Å². The lowest BCUT2D eigenvalue weighted by Gasteiger charge is -2.43. The number of hydrogen-bond donors (Lipinski definition) is 0. The molecule has 1 nitrogen and oxygen atoms in total. The van der Waals surface area contributed by atoms with Crippen molar-refractivity contribution in [1.29, 1.82) is 0 Å². The molecule has 0 amide bonds. The monoisotopic (exact) mass is 322 g/mol. The molecule has 2 aliphatic carbocycles. The van der Waals surface area contributed by atoms with Crippen LogP contribution in [-0.2, 0) is 4.74 Å². The fraction of sp³-hybridized carbons (Fsp3) is 1.00. The molecule has 0 heterocycles. The Hall–Kier alpha value is -0.0400. The van der Waals surface area contributed by atoms with E-state index in [1.54, 1.807) is 0 Å². The SMILES string of the molecule is CCCCCCC1(OC)CCC(C2CCC(CCC)CC2)CC1. The zero-order chi connectivity index (χ0) is 16.5. The van der Waals surface area contributed by atoms with E-state index in [1.165, 1.54) is 96.3 Å². The number of methoxy groups -OCH3 is 1. The highest BCUT2D eigenvalue weighted by atomic mass is 16.5. The lowest BCUT2D eigenvalue weighted by Crippen LogP contribution is -2.38. The summed E-state index contributed by atoms with van der Waals surface area (Å²) >= 11 is 0. The van der Waals surface area contributed by atoms with Crippen LogP contribution in [0.3, 0.4) is 0 Å². The molecule has 0 atom stereocenters. The first-order chi connectivity index (χ1) is 11.2. The second-order valence-corrected chi connectivity index (χ2v) is 8.60. The summed E-state index contributed by atoms with van der Waals surface area (Å²) in [6.07, 6.45) is 21.3. The summed E-state index contributed by atoms with van der Waals surface area (Å²) in [5.74, 6) is 3.10. The van der Waals surface area contributed by atoms with E-state index in [0.29, 0.717) is 0 Å². The third-order valence-electron chi connectivity index (χ3n) is 7.12. The van der Waals surface area contributed by atoms with Crippen LogP contribution in [0.1, 0.15) is 110 Å². The molecule has 1 heteroatoms. The van der Waals surface area contributed by atoms with Gasteiger partial charge in [-0.05, 0) is 62.7 Å². The highest BCUT2D eigenvalue weighted by Gasteiger charge is 2.38. The molecule has 2 rings (SSSR count). The summed E-state index contributed by atoms with van der Waals surface area (Å²) in [6.45, 7) is 4.64. The molecule has 2 fully saturated rings. The van der Waals surface area contributed by atoms with Crippen molar-refractivity contribution in [1.82, 2.24) is 0 Å². The molecule has 2 aliphatic rings. The minimum Gasteiger partial charge on any atom is -0.378 e. The van der Waals surface area contributed by atoms with Crippen molar-refractivity contribution in [3.05, 3.63) is 0 Å². The van der Waals surface area contributed by atoms with Crippen LogP contribution >= 0.6 is 0 Å². The molecule has 0 aromatic carbocycles. The van der Waals surface area contributed by atoms with E-state index in [9.17, 15) is 0 Å². The predicted octanol–water partition coefficient (Wildman–Crippen LogP) is 7.14. The Morgan fingerprint density at radius 3 is 2.00 bits per heavy atom. The first-order valence-corrected chi connectivity index (χ1v) is 10.8. The first kappa shape index (κ1) is 19.3. The molecule has 0 aromatic rings. The van der Waals surface area contributed by atoms with Crippen molar-refractivity contribution in [2.45, 2.75) is 116 Å². The van der Waals surface area contributed by atoms with Gasteiger partial charge in [0.2, 0.25) is 0 Å². The van der Waals surface area contributed by atoms with Crippen LogP contribution in [0, 0.1) is 17.8 Å². The van der Waals surface area contributed by atoms with Gasteiger partial charge in [0.1, 0.15) is 0 Å². The van der Waals surface area contributed by atoms with Gasteiger partial charge in [-0.25, -0.2) is 0 Å². The molecule has 0 spiro atoms. The first-order valence-electron chi connectivity index (χ1n) is 10.8. The van der Waals surface area contributed by atoms with Gasteiger partial charge >= 0.3 is 0 Å². The van der Waals surface area contributed by atoms with Gasteiger partial charge in [-0.15, -0.1) is 0 Å². The topological polar surface area (TPSA) is 9.23 Å². The standard InChI is InChI=1S/C22H42O/c1-4-6-7-8-16-22(23-3)17-14-21(15-18-22)20-12-10-19(9-5-2)11-13-20/h19-21H,4-18H2,1-3H3. The van der Waals surface area contributed by atoms with Crippen LogP contribution in [0.25, 0.3) is 0 Å². The van der Waals surface area contributed by atoms with Gasteiger partial charge in [-0.2, -0.15) is 0 Å². The van der Waals surface area contributed by atoms with Crippen LogP contribution < -0.4 is 0 Å². The van der Waals surface area contributed by atoms with Crippen molar-refractivity contribution >= 4 is 0 Å². The summed E-state index contributed by atoms with van der Waals surface area (Å²) in [5.41, 5.74) is 0.240. The number of hydrogen-bond acceptors (Lipinski definition) is 1. The highest BCUT2D eigenvalue weighted by molar-refractivity contribution is 4.90. The van der Waals surface area contributed by atoms with Gasteiger partial charge in [-0.1, -0.05) is 65.2 Å². The fourth-order valence-corrected chi connectivity index (χ4v) is 5.42. The maximum atomic E-state index is 6.04. The van der Waals surface area contributed by atoms with Crippen LogP contribution in [0.15, 0.2) is 0 Å². The Bertz CT molecular complexity index is 295. The number of ether oxygens (including phenoxy) is 1. The van der Waals surface area contributed by atoms with Crippen LogP contribution in [-0.4, -0.2) is 12.7 Å². The summed E-state index contributed by atoms with van der Waals surface area (Å²) in [4.78, 5) is 0. The minimum atomic E-state index is 0.240. The van der Waals surface area contributed by atoms with Gasteiger partial charge < -0.3 is 4.74 Å². The second-order valence-electron chi connectivity index (χ2n) is 8.60. The quantitative estimate of drug-likeness (QED) is 0.410. The Morgan fingerprint density at radius 1 is 0.783 bits per heavy atom. The average Bonchev–Trinajstić information content (AvgIpc) is 2.60. The van der Waals surface area contributed by atoms with E-state index in [-0.39, 0.29) is 5.60 Å². The maximum Gasteiger partial charge on any atom is 0.0679 e. The molecule has 136 valence electrons. The Labute approximate surface area is 146 Å². The smallest absolute Gasteiger partial charge is 0.0679 e. The Morgan fingerprint density at radius 2 is 1.43 bits per heavy atom. The van der Waals surface area contributed by atoms with Gasteiger partial charge in [0.25, 0.3) is 0 Å². The molecular formula is C22H42O. The van der Waals surface area contributed by atoms with E-state index in [4.69, 9.17) is 4.74 Å².